The lowest BCUT2D eigenvalue weighted by Crippen LogP contribution is -2.28. The second kappa shape index (κ2) is 5.33. The summed E-state index contributed by atoms with van der Waals surface area (Å²) in [6.07, 6.45) is 1.69. The van der Waals surface area contributed by atoms with Gasteiger partial charge < -0.3 is 5.11 Å². The van der Waals surface area contributed by atoms with E-state index >= 15 is 0 Å². The molecule has 1 unspecified atom stereocenters. The SMILES string of the molecule is Cc1ccc(Cn2nccc2N2CC(C(=O)O)CC2=O)s1. The van der Waals surface area contributed by atoms with E-state index in [0.717, 1.165) is 4.88 Å². The molecule has 6 nitrogen and oxygen atoms in total. The molecular weight excluding hydrogens is 290 g/mol. The summed E-state index contributed by atoms with van der Waals surface area (Å²) in [5.41, 5.74) is 0. The summed E-state index contributed by atoms with van der Waals surface area (Å²) in [5, 5.41) is 13.3. The molecule has 0 bridgehead atoms. The smallest absolute Gasteiger partial charge is 0.308 e. The number of carboxylic acid groups (broad SMARTS) is 1. The molecule has 1 atom stereocenters. The first-order chi connectivity index (χ1) is 10.0. The van der Waals surface area contributed by atoms with Gasteiger partial charge in [-0.3, -0.25) is 14.5 Å². The van der Waals surface area contributed by atoms with E-state index in [4.69, 9.17) is 5.11 Å². The van der Waals surface area contributed by atoms with Crippen LogP contribution < -0.4 is 4.90 Å². The first-order valence-electron chi connectivity index (χ1n) is 6.65. The van der Waals surface area contributed by atoms with E-state index in [1.165, 1.54) is 9.78 Å². The average molecular weight is 305 g/mol. The van der Waals surface area contributed by atoms with Gasteiger partial charge in [-0.1, -0.05) is 0 Å². The lowest BCUT2D eigenvalue weighted by molar-refractivity contribution is -0.141. The van der Waals surface area contributed by atoms with Crippen molar-refractivity contribution < 1.29 is 14.7 Å². The van der Waals surface area contributed by atoms with E-state index in [0.29, 0.717) is 12.4 Å². The van der Waals surface area contributed by atoms with Crippen molar-refractivity contribution in [2.45, 2.75) is 19.9 Å². The lowest BCUT2D eigenvalue weighted by Gasteiger charge is -2.17. The van der Waals surface area contributed by atoms with Crippen molar-refractivity contribution >= 4 is 29.0 Å². The Bertz CT molecular complexity index is 691. The second-order valence-electron chi connectivity index (χ2n) is 5.10. The molecular formula is C14H15N3O3S. The quantitative estimate of drug-likeness (QED) is 0.933. The molecule has 0 aliphatic carbocycles. The normalized spacial score (nSPS) is 18.4. The van der Waals surface area contributed by atoms with Crippen LogP contribution >= 0.6 is 11.3 Å². The van der Waals surface area contributed by atoms with E-state index in [2.05, 4.69) is 5.10 Å². The molecule has 1 saturated heterocycles. The summed E-state index contributed by atoms with van der Waals surface area (Å²) >= 11 is 1.69. The Hall–Kier alpha value is -2.15. The minimum atomic E-state index is -0.925. The molecule has 1 N–H and O–H groups in total. The zero-order chi connectivity index (χ0) is 15.0. The number of anilines is 1. The summed E-state index contributed by atoms with van der Waals surface area (Å²) in [5.74, 6) is -1.06. The molecule has 1 fully saturated rings. The van der Waals surface area contributed by atoms with Crippen LogP contribution in [0.4, 0.5) is 5.82 Å². The molecule has 110 valence electrons. The fourth-order valence-electron chi connectivity index (χ4n) is 2.49. The van der Waals surface area contributed by atoms with Crippen molar-refractivity contribution in [3.05, 3.63) is 34.2 Å². The number of carbonyl (C=O) groups is 2. The van der Waals surface area contributed by atoms with Crippen molar-refractivity contribution in [2.75, 3.05) is 11.4 Å². The van der Waals surface area contributed by atoms with Gasteiger partial charge in [-0.15, -0.1) is 11.3 Å². The van der Waals surface area contributed by atoms with E-state index in [1.807, 2.05) is 19.1 Å². The van der Waals surface area contributed by atoms with Crippen molar-refractivity contribution in [3.8, 4) is 0 Å². The molecule has 1 amide bonds. The Labute approximate surface area is 125 Å². The highest BCUT2D eigenvalue weighted by atomic mass is 32.1. The molecule has 0 aromatic carbocycles. The predicted octanol–water partition coefficient (Wildman–Crippen LogP) is 1.74. The molecule has 1 aliphatic rings. The third kappa shape index (κ3) is 2.69. The van der Waals surface area contributed by atoms with Gasteiger partial charge in [0, 0.05) is 28.8 Å². The van der Waals surface area contributed by atoms with Crippen LogP contribution in [0.5, 0.6) is 0 Å². The average Bonchev–Trinajstić information content (AvgIpc) is 3.11. The number of hydrogen-bond acceptors (Lipinski definition) is 4. The van der Waals surface area contributed by atoms with Crippen molar-refractivity contribution in [1.82, 2.24) is 9.78 Å². The molecule has 7 heteroatoms. The molecule has 0 spiro atoms. The van der Waals surface area contributed by atoms with E-state index in [1.54, 1.807) is 28.3 Å². The molecule has 2 aromatic heterocycles. The Morgan fingerprint density at radius 1 is 1.48 bits per heavy atom. The van der Waals surface area contributed by atoms with Crippen LogP contribution in [0, 0.1) is 12.8 Å². The number of hydrogen-bond donors (Lipinski definition) is 1. The highest BCUT2D eigenvalue weighted by Gasteiger charge is 2.36. The molecule has 0 saturated carbocycles. The summed E-state index contributed by atoms with van der Waals surface area (Å²) < 4.78 is 1.74. The largest absolute Gasteiger partial charge is 0.481 e. The van der Waals surface area contributed by atoms with Crippen molar-refractivity contribution in [3.63, 3.8) is 0 Å². The highest BCUT2D eigenvalue weighted by molar-refractivity contribution is 7.11. The number of nitrogens with zero attached hydrogens (tertiary/aromatic N) is 3. The number of carbonyl (C=O) groups excluding carboxylic acids is 1. The standard InChI is InChI=1S/C14H15N3O3S/c1-9-2-3-11(21-9)8-17-12(4-5-15-17)16-7-10(14(19)20)6-13(16)18/h2-5,10H,6-8H2,1H3,(H,19,20). The molecule has 2 aromatic rings. The van der Waals surface area contributed by atoms with E-state index in [9.17, 15) is 9.59 Å². The van der Waals surface area contributed by atoms with Gasteiger partial charge in [0.05, 0.1) is 18.7 Å². The van der Waals surface area contributed by atoms with E-state index in [-0.39, 0.29) is 18.9 Å². The van der Waals surface area contributed by atoms with Gasteiger partial charge in [-0.2, -0.15) is 5.10 Å². The zero-order valence-corrected chi connectivity index (χ0v) is 12.3. The Morgan fingerprint density at radius 2 is 2.29 bits per heavy atom. The summed E-state index contributed by atoms with van der Waals surface area (Å²) in [6.45, 7) is 2.84. The Kier molecular flexibility index (Phi) is 3.50. The van der Waals surface area contributed by atoms with Crippen molar-refractivity contribution in [2.24, 2.45) is 5.92 Å². The third-order valence-electron chi connectivity index (χ3n) is 3.55. The number of rotatable bonds is 4. The molecule has 1 aliphatic heterocycles. The van der Waals surface area contributed by atoms with Gasteiger partial charge >= 0.3 is 5.97 Å². The maximum absolute atomic E-state index is 12.0. The van der Waals surface area contributed by atoms with Crippen LogP contribution in [-0.2, 0) is 16.1 Å². The van der Waals surface area contributed by atoms with Crippen LogP contribution in [-0.4, -0.2) is 33.3 Å². The summed E-state index contributed by atoms with van der Waals surface area (Å²) in [6, 6.07) is 5.84. The minimum Gasteiger partial charge on any atom is -0.481 e. The summed E-state index contributed by atoms with van der Waals surface area (Å²) in [4.78, 5) is 27.0. The maximum Gasteiger partial charge on any atom is 0.308 e. The van der Waals surface area contributed by atoms with Crippen LogP contribution in [0.2, 0.25) is 0 Å². The molecule has 21 heavy (non-hydrogen) atoms. The fraction of sp³-hybridized carbons (Fsp3) is 0.357. The first-order valence-corrected chi connectivity index (χ1v) is 7.46. The number of aliphatic carboxylic acids is 1. The molecule has 3 heterocycles. The van der Waals surface area contributed by atoms with Crippen LogP contribution in [0.15, 0.2) is 24.4 Å². The Balaban J connectivity index is 1.82. The highest BCUT2D eigenvalue weighted by Crippen LogP contribution is 2.26. The van der Waals surface area contributed by atoms with Crippen LogP contribution in [0.3, 0.4) is 0 Å². The fourth-order valence-corrected chi connectivity index (χ4v) is 3.36. The first kappa shape index (κ1) is 13.8. The lowest BCUT2D eigenvalue weighted by atomic mass is 10.1. The van der Waals surface area contributed by atoms with Gasteiger partial charge in [0.25, 0.3) is 0 Å². The number of aryl methyl sites for hydroxylation is 1. The zero-order valence-electron chi connectivity index (χ0n) is 11.5. The van der Waals surface area contributed by atoms with Gasteiger partial charge in [-0.05, 0) is 19.1 Å². The molecule has 0 radical (unpaired) electrons. The van der Waals surface area contributed by atoms with Gasteiger partial charge in [0.1, 0.15) is 5.82 Å². The van der Waals surface area contributed by atoms with E-state index < -0.39 is 11.9 Å². The van der Waals surface area contributed by atoms with Crippen molar-refractivity contribution in [1.29, 1.82) is 0 Å². The monoisotopic (exact) mass is 305 g/mol. The number of amides is 1. The van der Waals surface area contributed by atoms with Gasteiger partial charge in [0.2, 0.25) is 5.91 Å². The topological polar surface area (TPSA) is 75.4 Å². The number of carboxylic acids is 1. The van der Waals surface area contributed by atoms with Crippen LogP contribution in [0.25, 0.3) is 0 Å². The summed E-state index contributed by atoms with van der Waals surface area (Å²) in [7, 11) is 0. The van der Waals surface area contributed by atoms with Gasteiger partial charge in [-0.25, -0.2) is 4.68 Å². The number of aromatic nitrogens is 2. The second-order valence-corrected chi connectivity index (χ2v) is 6.48. The Morgan fingerprint density at radius 3 is 2.90 bits per heavy atom. The predicted molar refractivity (Wildman–Crippen MR) is 78.5 cm³/mol. The number of thiophene rings is 1. The maximum atomic E-state index is 12.0. The minimum absolute atomic E-state index is 0.0542. The van der Waals surface area contributed by atoms with Crippen LogP contribution in [0.1, 0.15) is 16.2 Å². The molecule has 3 rings (SSSR count). The third-order valence-corrected chi connectivity index (χ3v) is 4.53. The van der Waals surface area contributed by atoms with Gasteiger partial charge in [0.15, 0.2) is 0 Å².